The Labute approximate surface area is 167 Å². The van der Waals surface area contributed by atoms with Crippen LogP contribution in [0.2, 0.25) is 5.02 Å². The lowest BCUT2D eigenvalue weighted by Gasteiger charge is -2.21. The molecule has 0 spiro atoms. The van der Waals surface area contributed by atoms with Gasteiger partial charge in [0.15, 0.2) is 11.0 Å². The third kappa shape index (κ3) is 5.23. The van der Waals surface area contributed by atoms with Crippen LogP contribution in [0.4, 0.5) is 0 Å². The normalized spacial score (nSPS) is 13.1. The number of hydrogen-bond acceptors (Lipinski definition) is 6. The maximum absolute atomic E-state index is 12.3. The maximum atomic E-state index is 12.3. The number of halogens is 1. The number of methoxy groups -OCH3 is 1. The van der Waals surface area contributed by atoms with Gasteiger partial charge in [-0.3, -0.25) is 4.79 Å². The largest absolute Gasteiger partial charge is 0.467 e. The Morgan fingerprint density at radius 1 is 1.33 bits per heavy atom. The number of aromatic nitrogens is 3. The molecule has 0 radical (unpaired) electrons. The van der Waals surface area contributed by atoms with Gasteiger partial charge >= 0.3 is 5.97 Å². The van der Waals surface area contributed by atoms with Gasteiger partial charge in [0, 0.05) is 12.6 Å². The van der Waals surface area contributed by atoms with E-state index < -0.39 is 12.0 Å². The van der Waals surface area contributed by atoms with E-state index in [0.29, 0.717) is 16.0 Å². The number of hydrogen-bond donors (Lipinski definition) is 1. The first-order chi connectivity index (χ1) is 12.9. The van der Waals surface area contributed by atoms with E-state index in [9.17, 15) is 9.59 Å². The Morgan fingerprint density at radius 2 is 2.04 bits per heavy atom. The van der Waals surface area contributed by atoms with E-state index in [0.717, 1.165) is 12.0 Å². The molecule has 2 aromatic rings. The summed E-state index contributed by atoms with van der Waals surface area (Å²) >= 11 is 7.45. The molecular formula is C18H23ClN4O3S. The summed E-state index contributed by atoms with van der Waals surface area (Å²) in [6.07, 6.45) is 0.748. The first-order valence-electron chi connectivity index (χ1n) is 8.53. The number of rotatable bonds is 8. The van der Waals surface area contributed by atoms with Crippen molar-refractivity contribution in [2.45, 2.75) is 31.5 Å². The lowest BCUT2D eigenvalue weighted by molar-refractivity contribution is -0.146. The van der Waals surface area contributed by atoms with E-state index in [4.69, 9.17) is 16.3 Å². The van der Waals surface area contributed by atoms with Gasteiger partial charge < -0.3 is 14.6 Å². The molecule has 1 amide bonds. The number of carbonyl (C=O) groups is 2. The van der Waals surface area contributed by atoms with E-state index in [1.165, 1.54) is 18.9 Å². The number of benzene rings is 1. The zero-order valence-corrected chi connectivity index (χ0v) is 17.3. The highest BCUT2D eigenvalue weighted by molar-refractivity contribution is 7.99. The van der Waals surface area contributed by atoms with Gasteiger partial charge in [-0.15, -0.1) is 10.2 Å². The molecule has 0 fully saturated rings. The van der Waals surface area contributed by atoms with Gasteiger partial charge in [0.1, 0.15) is 6.04 Å². The summed E-state index contributed by atoms with van der Waals surface area (Å²) in [5.41, 5.74) is 0.771. The number of esters is 1. The molecular weight excluding hydrogens is 388 g/mol. The van der Waals surface area contributed by atoms with Crippen molar-refractivity contribution in [1.82, 2.24) is 20.1 Å². The van der Waals surface area contributed by atoms with Crippen LogP contribution in [-0.4, -0.2) is 45.5 Å². The predicted octanol–water partition coefficient (Wildman–Crippen LogP) is 2.93. The quantitative estimate of drug-likeness (QED) is 0.532. The molecule has 0 unspecified atom stereocenters. The SMILES string of the molecule is CC[C@H](C)[C@H](NC(=O)CSc1nnc(-c2ccccc2Cl)n1C)C(=O)OC. The minimum atomic E-state index is -0.661. The smallest absolute Gasteiger partial charge is 0.328 e. The fourth-order valence-corrected chi connectivity index (χ4v) is 3.40. The zero-order valence-electron chi connectivity index (χ0n) is 15.7. The summed E-state index contributed by atoms with van der Waals surface area (Å²) in [6, 6.07) is 6.70. The second kappa shape index (κ2) is 9.75. The zero-order chi connectivity index (χ0) is 20.0. The molecule has 0 aliphatic carbocycles. The highest BCUT2D eigenvalue weighted by atomic mass is 35.5. The van der Waals surface area contributed by atoms with Crippen molar-refractivity contribution in [1.29, 1.82) is 0 Å². The van der Waals surface area contributed by atoms with Crippen molar-refractivity contribution >= 4 is 35.2 Å². The first-order valence-corrected chi connectivity index (χ1v) is 9.89. The summed E-state index contributed by atoms with van der Waals surface area (Å²) in [5, 5.41) is 12.2. The molecule has 0 bridgehead atoms. The second-order valence-corrected chi connectivity index (χ2v) is 7.44. The molecule has 1 aromatic heterocycles. The Morgan fingerprint density at radius 3 is 2.67 bits per heavy atom. The predicted molar refractivity (Wildman–Crippen MR) is 106 cm³/mol. The van der Waals surface area contributed by atoms with Gasteiger partial charge in [0.2, 0.25) is 5.91 Å². The average molecular weight is 411 g/mol. The van der Waals surface area contributed by atoms with Crippen molar-refractivity contribution in [3.05, 3.63) is 29.3 Å². The Balaban J connectivity index is 2.03. The van der Waals surface area contributed by atoms with Gasteiger partial charge in [-0.05, 0) is 18.1 Å². The number of nitrogens with zero attached hydrogens (tertiary/aromatic N) is 3. The molecule has 1 aromatic carbocycles. The van der Waals surface area contributed by atoms with Crippen LogP contribution in [0.15, 0.2) is 29.4 Å². The standard InChI is InChI=1S/C18H23ClN4O3S/c1-5-11(2)15(17(25)26-4)20-14(24)10-27-18-22-21-16(23(18)3)12-8-6-7-9-13(12)19/h6-9,11,15H,5,10H2,1-4H3,(H,20,24)/t11-,15-/m0/s1. The van der Waals surface area contributed by atoms with Crippen molar-refractivity contribution < 1.29 is 14.3 Å². The van der Waals surface area contributed by atoms with Gasteiger partial charge in [-0.25, -0.2) is 4.79 Å². The third-order valence-corrected chi connectivity index (χ3v) is 5.62. The summed E-state index contributed by atoms with van der Waals surface area (Å²) in [6.45, 7) is 3.85. The number of carbonyl (C=O) groups excluding carboxylic acids is 2. The maximum Gasteiger partial charge on any atom is 0.328 e. The Kier molecular flexibility index (Phi) is 7.67. The molecule has 1 N–H and O–H groups in total. The molecule has 0 saturated carbocycles. The van der Waals surface area contributed by atoms with Crippen LogP contribution < -0.4 is 5.32 Å². The van der Waals surface area contributed by atoms with Gasteiger partial charge in [-0.1, -0.05) is 55.8 Å². The summed E-state index contributed by atoms with van der Waals surface area (Å²) in [5.74, 6) is 0.00210. The molecule has 2 rings (SSSR count). The van der Waals surface area contributed by atoms with Crippen LogP contribution in [0.1, 0.15) is 20.3 Å². The fraction of sp³-hybridized carbons (Fsp3) is 0.444. The van der Waals surface area contributed by atoms with Crippen LogP contribution in [0.3, 0.4) is 0 Å². The van der Waals surface area contributed by atoms with Crippen molar-refractivity contribution in [3.8, 4) is 11.4 Å². The van der Waals surface area contributed by atoms with Crippen LogP contribution >= 0.6 is 23.4 Å². The second-order valence-electron chi connectivity index (χ2n) is 6.09. The highest BCUT2D eigenvalue weighted by Crippen LogP contribution is 2.28. The van der Waals surface area contributed by atoms with Crippen LogP contribution in [-0.2, 0) is 21.4 Å². The lowest BCUT2D eigenvalue weighted by atomic mass is 9.99. The highest BCUT2D eigenvalue weighted by Gasteiger charge is 2.26. The van der Waals surface area contributed by atoms with E-state index in [-0.39, 0.29) is 17.6 Å². The van der Waals surface area contributed by atoms with Gasteiger partial charge in [0.25, 0.3) is 0 Å². The van der Waals surface area contributed by atoms with Crippen molar-refractivity contribution in [2.75, 3.05) is 12.9 Å². The topological polar surface area (TPSA) is 86.1 Å². The molecule has 2 atom stereocenters. The van der Waals surface area contributed by atoms with Crippen LogP contribution in [0.5, 0.6) is 0 Å². The van der Waals surface area contributed by atoms with Crippen molar-refractivity contribution in [3.63, 3.8) is 0 Å². The van der Waals surface area contributed by atoms with E-state index in [1.54, 1.807) is 10.6 Å². The lowest BCUT2D eigenvalue weighted by Crippen LogP contribution is -2.46. The molecule has 0 aliphatic heterocycles. The first kappa shape index (κ1) is 21.2. The number of thioether (sulfide) groups is 1. The number of nitrogens with one attached hydrogen (secondary N) is 1. The molecule has 7 nitrogen and oxygen atoms in total. The summed E-state index contributed by atoms with van der Waals surface area (Å²) in [4.78, 5) is 24.2. The molecule has 0 saturated heterocycles. The summed E-state index contributed by atoms with van der Waals surface area (Å²) < 4.78 is 6.57. The molecule has 9 heteroatoms. The molecule has 0 aliphatic rings. The fourth-order valence-electron chi connectivity index (χ4n) is 2.46. The Hall–Kier alpha value is -2.06. The van der Waals surface area contributed by atoms with Crippen LogP contribution in [0, 0.1) is 5.92 Å². The van der Waals surface area contributed by atoms with Gasteiger partial charge in [-0.2, -0.15) is 0 Å². The van der Waals surface area contributed by atoms with E-state index >= 15 is 0 Å². The molecule has 1 heterocycles. The summed E-state index contributed by atoms with van der Waals surface area (Å²) in [7, 11) is 3.13. The minimum Gasteiger partial charge on any atom is -0.467 e. The third-order valence-electron chi connectivity index (χ3n) is 4.27. The van der Waals surface area contributed by atoms with Crippen LogP contribution in [0.25, 0.3) is 11.4 Å². The number of ether oxygens (including phenoxy) is 1. The van der Waals surface area contributed by atoms with E-state index in [1.807, 2.05) is 39.1 Å². The number of amides is 1. The van der Waals surface area contributed by atoms with Gasteiger partial charge in [0.05, 0.1) is 17.9 Å². The molecule has 146 valence electrons. The van der Waals surface area contributed by atoms with E-state index in [2.05, 4.69) is 15.5 Å². The molecule has 27 heavy (non-hydrogen) atoms. The van der Waals surface area contributed by atoms with Crippen molar-refractivity contribution in [2.24, 2.45) is 13.0 Å². The minimum absolute atomic E-state index is 0.0203. The average Bonchev–Trinajstić information content (AvgIpc) is 3.04. The Bertz CT molecular complexity index is 812. The monoisotopic (exact) mass is 410 g/mol.